The third kappa shape index (κ3) is 2.76. The minimum absolute atomic E-state index is 0.0706. The van der Waals surface area contributed by atoms with Crippen LogP contribution in [0.3, 0.4) is 0 Å². The van der Waals surface area contributed by atoms with E-state index in [1.165, 1.54) is 0 Å². The monoisotopic (exact) mass is 319 g/mol. The number of fused-ring (bicyclic) bond motifs is 1. The molecule has 0 spiro atoms. The molecule has 1 aromatic carbocycles. The normalized spacial score (nSPS) is 15.5. The second-order valence-corrected chi connectivity index (χ2v) is 7.42. The summed E-state index contributed by atoms with van der Waals surface area (Å²) in [6.07, 6.45) is 1.12. The number of hydrogen-bond donors (Lipinski definition) is 1. The van der Waals surface area contributed by atoms with Gasteiger partial charge in [-0.25, -0.2) is 13.1 Å². The number of nitrogens with zero attached hydrogens (tertiary/aromatic N) is 2. The molecule has 2 heterocycles. The highest BCUT2D eigenvalue weighted by Gasteiger charge is 2.33. The van der Waals surface area contributed by atoms with Crippen molar-refractivity contribution in [1.82, 2.24) is 9.78 Å². The molecule has 3 rings (SSSR count). The van der Waals surface area contributed by atoms with Gasteiger partial charge in [0.2, 0.25) is 5.91 Å². The average molecular weight is 319 g/mol. The fourth-order valence-corrected chi connectivity index (χ4v) is 4.04. The van der Waals surface area contributed by atoms with E-state index in [0.29, 0.717) is 23.5 Å². The first-order valence-electron chi connectivity index (χ1n) is 7.16. The van der Waals surface area contributed by atoms with E-state index < -0.39 is 9.84 Å². The summed E-state index contributed by atoms with van der Waals surface area (Å²) >= 11 is 0. The number of rotatable bonds is 4. The van der Waals surface area contributed by atoms with Crippen LogP contribution in [0.15, 0.2) is 30.3 Å². The Morgan fingerprint density at radius 3 is 2.68 bits per heavy atom. The third-order valence-corrected chi connectivity index (χ3v) is 4.97. The molecule has 0 aliphatic carbocycles. The maximum atomic E-state index is 12.0. The van der Waals surface area contributed by atoms with Gasteiger partial charge in [-0.05, 0) is 18.6 Å². The predicted octanol–water partition coefficient (Wildman–Crippen LogP) is 2.04. The number of carbonyl (C=O) groups excluding carboxylic acids is 1. The fourth-order valence-electron chi connectivity index (χ4n) is 2.55. The number of amides is 1. The molecule has 1 N–H and O–H groups in total. The van der Waals surface area contributed by atoms with Crippen LogP contribution >= 0.6 is 0 Å². The van der Waals surface area contributed by atoms with E-state index in [0.717, 1.165) is 12.1 Å². The Morgan fingerprint density at radius 1 is 1.27 bits per heavy atom. The van der Waals surface area contributed by atoms with E-state index in [4.69, 9.17) is 0 Å². The van der Waals surface area contributed by atoms with Crippen molar-refractivity contribution in [1.29, 1.82) is 0 Å². The highest BCUT2D eigenvalue weighted by atomic mass is 32.2. The van der Waals surface area contributed by atoms with Gasteiger partial charge in [0.15, 0.2) is 9.84 Å². The number of carbonyl (C=O) groups is 1. The van der Waals surface area contributed by atoms with Crippen molar-refractivity contribution in [3.8, 4) is 5.69 Å². The molecule has 0 radical (unpaired) electrons. The van der Waals surface area contributed by atoms with Gasteiger partial charge in [-0.15, -0.1) is 0 Å². The molecule has 2 aromatic rings. The summed E-state index contributed by atoms with van der Waals surface area (Å²) in [6.45, 7) is 1.92. The second-order valence-electron chi connectivity index (χ2n) is 5.35. The number of nitrogens with one attached hydrogen (secondary N) is 1. The number of hydrogen-bond acceptors (Lipinski definition) is 4. The summed E-state index contributed by atoms with van der Waals surface area (Å²) < 4.78 is 25.2. The van der Waals surface area contributed by atoms with E-state index in [2.05, 4.69) is 10.4 Å². The summed E-state index contributed by atoms with van der Waals surface area (Å²) in [5, 5.41) is 7.22. The summed E-state index contributed by atoms with van der Waals surface area (Å²) in [7, 11) is -3.16. The van der Waals surface area contributed by atoms with Crippen LogP contribution in [-0.2, 0) is 26.1 Å². The number of sulfone groups is 1. The van der Waals surface area contributed by atoms with E-state index in [-0.39, 0.29) is 17.4 Å². The molecule has 116 valence electrons. The zero-order valence-corrected chi connectivity index (χ0v) is 13.1. The molecule has 1 amide bonds. The summed E-state index contributed by atoms with van der Waals surface area (Å²) in [5.41, 5.74) is 1.92. The number of para-hydroxylation sites is 1. The van der Waals surface area contributed by atoms with E-state index in [1.807, 2.05) is 37.3 Å². The number of aromatic nitrogens is 2. The van der Waals surface area contributed by atoms with Crippen LogP contribution in [0, 0.1) is 0 Å². The van der Waals surface area contributed by atoms with Crippen LogP contribution < -0.4 is 5.32 Å². The molecule has 0 atom stereocenters. The number of anilines is 1. The van der Waals surface area contributed by atoms with Crippen molar-refractivity contribution in [2.45, 2.75) is 31.3 Å². The molecule has 0 saturated carbocycles. The lowest BCUT2D eigenvalue weighted by Gasteiger charge is -2.10. The molecule has 0 saturated heterocycles. The predicted molar refractivity (Wildman–Crippen MR) is 83.4 cm³/mol. The van der Waals surface area contributed by atoms with Gasteiger partial charge in [-0.2, -0.15) is 5.10 Å². The van der Waals surface area contributed by atoms with Gasteiger partial charge in [-0.3, -0.25) is 4.79 Å². The van der Waals surface area contributed by atoms with Crippen molar-refractivity contribution in [3.63, 3.8) is 0 Å². The maximum absolute atomic E-state index is 12.0. The SMILES string of the molecule is CCCC(=O)Nc1c2c(nn1-c1ccccc1)CS(=O)(=O)C2. The Balaban J connectivity index is 2.06. The van der Waals surface area contributed by atoms with Crippen LogP contribution in [0.1, 0.15) is 31.0 Å². The van der Waals surface area contributed by atoms with Crippen molar-refractivity contribution >= 4 is 21.6 Å². The lowest BCUT2D eigenvalue weighted by molar-refractivity contribution is -0.116. The lowest BCUT2D eigenvalue weighted by Crippen LogP contribution is -2.16. The van der Waals surface area contributed by atoms with Crippen molar-refractivity contribution < 1.29 is 13.2 Å². The standard InChI is InChI=1S/C15H17N3O3S/c1-2-6-14(19)16-15-12-9-22(20,21)10-13(12)17-18(15)11-7-4-3-5-8-11/h3-5,7-8H,2,6,9-10H2,1H3,(H,16,19). The van der Waals surface area contributed by atoms with E-state index in [9.17, 15) is 13.2 Å². The van der Waals surface area contributed by atoms with Crippen molar-refractivity contribution in [2.75, 3.05) is 5.32 Å². The molecule has 7 heteroatoms. The molecule has 0 unspecified atom stereocenters. The molecule has 0 fully saturated rings. The lowest BCUT2D eigenvalue weighted by atomic mass is 10.2. The topological polar surface area (TPSA) is 81.1 Å². The molecule has 0 bridgehead atoms. The summed E-state index contributed by atoms with van der Waals surface area (Å²) in [5.74, 6) is 0.197. The van der Waals surface area contributed by atoms with Crippen LogP contribution in [0.5, 0.6) is 0 Å². The molecule has 1 aliphatic rings. The highest BCUT2D eigenvalue weighted by molar-refractivity contribution is 7.90. The highest BCUT2D eigenvalue weighted by Crippen LogP contribution is 2.32. The molecular weight excluding hydrogens is 302 g/mol. The van der Waals surface area contributed by atoms with E-state index in [1.54, 1.807) is 4.68 Å². The Hall–Kier alpha value is -2.15. The Morgan fingerprint density at radius 2 is 2.00 bits per heavy atom. The van der Waals surface area contributed by atoms with Gasteiger partial charge in [0.1, 0.15) is 5.82 Å². The van der Waals surface area contributed by atoms with Gasteiger partial charge in [0, 0.05) is 12.0 Å². The van der Waals surface area contributed by atoms with Crippen LogP contribution in [0.2, 0.25) is 0 Å². The quantitative estimate of drug-likeness (QED) is 0.935. The summed E-state index contributed by atoms with van der Waals surface area (Å²) in [4.78, 5) is 12.0. The smallest absolute Gasteiger partial charge is 0.225 e. The average Bonchev–Trinajstić information content (AvgIpc) is 2.93. The van der Waals surface area contributed by atoms with Gasteiger partial charge in [-0.1, -0.05) is 25.1 Å². The first-order chi connectivity index (χ1) is 10.5. The summed E-state index contributed by atoms with van der Waals surface area (Å²) in [6, 6.07) is 9.37. The van der Waals surface area contributed by atoms with Gasteiger partial charge >= 0.3 is 0 Å². The van der Waals surface area contributed by atoms with Gasteiger partial charge < -0.3 is 5.32 Å². The minimum Gasteiger partial charge on any atom is -0.310 e. The molecular formula is C15H17N3O3S. The largest absolute Gasteiger partial charge is 0.310 e. The van der Waals surface area contributed by atoms with Crippen LogP contribution in [-0.4, -0.2) is 24.1 Å². The first-order valence-corrected chi connectivity index (χ1v) is 8.99. The molecule has 6 nitrogen and oxygen atoms in total. The first kappa shape index (κ1) is 14.8. The van der Waals surface area contributed by atoms with E-state index >= 15 is 0 Å². The van der Waals surface area contributed by atoms with Gasteiger partial charge in [0.05, 0.1) is 22.9 Å². The molecule has 1 aliphatic heterocycles. The Kier molecular flexibility index (Phi) is 3.74. The number of benzene rings is 1. The van der Waals surface area contributed by atoms with Gasteiger partial charge in [0.25, 0.3) is 0 Å². The zero-order valence-electron chi connectivity index (χ0n) is 12.2. The van der Waals surface area contributed by atoms with Crippen molar-refractivity contribution in [3.05, 3.63) is 41.6 Å². The fraction of sp³-hybridized carbons (Fsp3) is 0.333. The Bertz CT molecular complexity index is 810. The maximum Gasteiger partial charge on any atom is 0.225 e. The van der Waals surface area contributed by atoms with Crippen LogP contribution in [0.25, 0.3) is 5.69 Å². The van der Waals surface area contributed by atoms with Crippen molar-refractivity contribution in [2.24, 2.45) is 0 Å². The Labute approximate surface area is 129 Å². The zero-order chi connectivity index (χ0) is 15.7. The third-order valence-electron chi connectivity index (χ3n) is 3.52. The minimum atomic E-state index is -3.16. The molecule has 1 aromatic heterocycles. The second kappa shape index (κ2) is 5.57. The van der Waals surface area contributed by atoms with Crippen LogP contribution in [0.4, 0.5) is 5.82 Å². The molecule has 22 heavy (non-hydrogen) atoms.